The van der Waals surface area contributed by atoms with Crippen LogP contribution in [-0.2, 0) is 11.3 Å². The lowest BCUT2D eigenvalue weighted by Gasteiger charge is -2.34. The van der Waals surface area contributed by atoms with Crippen LogP contribution in [0.4, 0.5) is 10.5 Å². The van der Waals surface area contributed by atoms with E-state index >= 15 is 0 Å². The third-order valence-electron chi connectivity index (χ3n) is 3.96. The Hall–Kier alpha value is -2.90. The number of methoxy groups -OCH3 is 1. The fourth-order valence-electron chi connectivity index (χ4n) is 2.66. The van der Waals surface area contributed by atoms with Crippen molar-refractivity contribution in [1.29, 1.82) is 0 Å². The van der Waals surface area contributed by atoms with E-state index in [0.29, 0.717) is 5.39 Å². The number of benzene rings is 1. The van der Waals surface area contributed by atoms with Crippen LogP contribution >= 0.6 is 0 Å². The molecule has 0 fully saturated rings. The Kier molecular flexibility index (Phi) is 5.10. The quantitative estimate of drug-likeness (QED) is 0.626. The predicted octanol–water partition coefficient (Wildman–Crippen LogP) is 2.78. The van der Waals surface area contributed by atoms with Crippen LogP contribution in [0.15, 0.2) is 35.3 Å². The first kappa shape index (κ1) is 18.4. The second-order valence-electron chi connectivity index (χ2n) is 6.60. The zero-order valence-corrected chi connectivity index (χ0v) is 14.7. The molecule has 2 aromatic rings. The number of ether oxygens (including phenoxy) is 1. The standard InChI is InChI=1S/C17H21N3O5/c1-17(2,3)19(16(22)25-4)11-10-18-9-8-12-13(15(18)21)6-5-7-14(12)20(23)24/h5-9H,10-11H2,1-4H3. The van der Waals surface area contributed by atoms with Crippen LogP contribution in [0.2, 0.25) is 0 Å². The van der Waals surface area contributed by atoms with Crippen LogP contribution < -0.4 is 5.56 Å². The molecule has 0 atom stereocenters. The summed E-state index contributed by atoms with van der Waals surface area (Å²) in [5.74, 6) is 0. The van der Waals surface area contributed by atoms with Gasteiger partial charge in [0.2, 0.25) is 0 Å². The molecular formula is C17H21N3O5. The maximum Gasteiger partial charge on any atom is 0.409 e. The molecule has 1 aromatic carbocycles. The number of rotatable bonds is 4. The fraction of sp³-hybridized carbons (Fsp3) is 0.412. The van der Waals surface area contributed by atoms with Gasteiger partial charge in [-0.1, -0.05) is 6.07 Å². The molecule has 0 aliphatic rings. The summed E-state index contributed by atoms with van der Waals surface area (Å²) in [7, 11) is 1.31. The SMILES string of the molecule is COC(=O)N(CCn1ccc2c([N+](=O)[O-])cccc2c1=O)C(C)(C)C. The lowest BCUT2D eigenvalue weighted by atomic mass is 10.1. The molecule has 0 aliphatic heterocycles. The average molecular weight is 347 g/mol. The molecule has 0 saturated carbocycles. The van der Waals surface area contributed by atoms with E-state index in [4.69, 9.17) is 4.74 Å². The van der Waals surface area contributed by atoms with E-state index in [1.807, 2.05) is 20.8 Å². The number of amides is 1. The van der Waals surface area contributed by atoms with Crippen molar-refractivity contribution in [2.75, 3.05) is 13.7 Å². The minimum atomic E-state index is -0.509. The second-order valence-corrected chi connectivity index (χ2v) is 6.60. The van der Waals surface area contributed by atoms with Crippen LogP contribution in [0.5, 0.6) is 0 Å². The summed E-state index contributed by atoms with van der Waals surface area (Å²) in [4.78, 5) is 36.6. The Bertz CT molecular complexity index is 867. The van der Waals surface area contributed by atoms with Crippen LogP contribution in [0.1, 0.15) is 20.8 Å². The Morgan fingerprint density at radius 1 is 1.28 bits per heavy atom. The number of carbonyl (C=O) groups excluding carboxylic acids is 1. The average Bonchev–Trinajstić information content (AvgIpc) is 2.54. The zero-order valence-electron chi connectivity index (χ0n) is 14.7. The van der Waals surface area contributed by atoms with Crippen LogP contribution in [0.3, 0.4) is 0 Å². The smallest absolute Gasteiger partial charge is 0.409 e. The van der Waals surface area contributed by atoms with Crippen LogP contribution in [-0.4, -0.2) is 39.7 Å². The Labute approximate surface area is 144 Å². The first-order valence-electron chi connectivity index (χ1n) is 7.79. The Morgan fingerprint density at radius 3 is 2.52 bits per heavy atom. The molecule has 8 heteroatoms. The molecule has 0 unspecified atom stereocenters. The summed E-state index contributed by atoms with van der Waals surface area (Å²) >= 11 is 0. The Morgan fingerprint density at radius 2 is 1.96 bits per heavy atom. The van der Waals surface area contributed by atoms with Gasteiger partial charge < -0.3 is 14.2 Å². The van der Waals surface area contributed by atoms with Crippen molar-refractivity contribution < 1.29 is 14.5 Å². The molecule has 0 spiro atoms. The van der Waals surface area contributed by atoms with Gasteiger partial charge in [0.25, 0.3) is 11.2 Å². The summed E-state index contributed by atoms with van der Waals surface area (Å²) in [6, 6.07) is 5.96. The number of fused-ring (bicyclic) bond motifs is 1. The maximum atomic E-state index is 12.6. The molecule has 8 nitrogen and oxygen atoms in total. The molecule has 1 amide bonds. The molecule has 2 rings (SSSR count). The maximum absolute atomic E-state index is 12.6. The number of hydrogen-bond acceptors (Lipinski definition) is 5. The molecule has 0 N–H and O–H groups in total. The van der Waals surface area contributed by atoms with E-state index in [0.717, 1.165) is 0 Å². The number of non-ortho nitro benzene ring substituents is 1. The van der Waals surface area contributed by atoms with E-state index in [1.54, 1.807) is 12.1 Å². The fourth-order valence-corrected chi connectivity index (χ4v) is 2.66. The van der Waals surface area contributed by atoms with Crippen molar-refractivity contribution in [3.8, 4) is 0 Å². The summed E-state index contributed by atoms with van der Waals surface area (Å²) in [6.07, 6.45) is 1.03. The van der Waals surface area contributed by atoms with Gasteiger partial charge in [0.05, 0.1) is 22.8 Å². The number of nitrogens with zero attached hydrogens (tertiary/aromatic N) is 3. The number of aromatic nitrogens is 1. The monoisotopic (exact) mass is 347 g/mol. The minimum absolute atomic E-state index is 0.104. The normalized spacial score (nSPS) is 11.4. The van der Waals surface area contributed by atoms with Gasteiger partial charge in [-0.2, -0.15) is 0 Å². The molecule has 0 radical (unpaired) electrons. The summed E-state index contributed by atoms with van der Waals surface area (Å²) in [6.45, 7) is 6.14. The van der Waals surface area contributed by atoms with E-state index in [1.165, 1.54) is 34.9 Å². The summed E-state index contributed by atoms with van der Waals surface area (Å²) in [5, 5.41) is 11.7. The van der Waals surface area contributed by atoms with Gasteiger partial charge >= 0.3 is 6.09 Å². The second kappa shape index (κ2) is 6.92. The number of nitro groups is 1. The lowest BCUT2D eigenvalue weighted by molar-refractivity contribution is -0.383. The van der Waals surface area contributed by atoms with Crippen molar-refractivity contribution in [2.24, 2.45) is 0 Å². The molecule has 25 heavy (non-hydrogen) atoms. The largest absolute Gasteiger partial charge is 0.453 e. The van der Waals surface area contributed by atoms with Gasteiger partial charge in [-0.25, -0.2) is 4.79 Å². The molecule has 1 heterocycles. The Balaban J connectivity index is 2.37. The van der Waals surface area contributed by atoms with Crippen molar-refractivity contribution in [3.05, 3.63) is 50.9 Å². The first-order chi connectivity index (χ1) is 11.7. The number of nitro benzene ring substituents is 1. The van der Waals surface area contributed by atoms with E-state index in [-0.39, 0.29) is 29.7 Å². The van der Waals surface area contributed by atoms with E-state index in [9.17, 15) is 19.7 Å². The van der Waals surface area contributed by atoms with Gasteiger partial charge in [0, 0.05) is 30.9 Å². The minimum Gasteiger partial charge on any atom is -0.453 e. The highest BCUT2D eigenvalue weighted by Gasteiger charge is 2.27. The van der Waals surface area contributed by atoms with Gasteiger partial charge in [-0.3, -0.25) is 14.9 Å². The van der Waals surface area contributed by atoms with Crippen molar-refractivity contribution in [3.63, 3.8) is 0 Å². The number of carbonyl (C=O) groups is 1. The summed E-state index contributed by atoms with van der Waals surface area (Å²) in [5.41, 5.74) is -0.903. The van der Waals surface area contributed by atoms with Crippen LogP contribution in [0, 0.1) is 10.1 Å². The highest BCUT2D eigenvalue weighted by atomic mass is 16.6. The molecule has 134 valence electrons. The molecule has 0 saturated heterocycles. The van der Waals surface area contributed by atoms with Crippen molar-refractivity contribution >= 4 is 22.6 Å². The third kappa shape index (κ3) is 3.78. The topological polar surface area (TPSA) is 94.7 Å². The lowest BCUT2D eigenvalue weighted by Crippen LogP contribution is -2.47. The summed E-state index contributed by atoms with van der Waals surface area (Å²) < 4.78 is 6.23. The molecule has 1 aromatic heterocycles. The zero-order chi connectivity index (χ0) is 18.8. The van der Waals surface area contributed by atoms with Crippen molar-refractivity contribution in [1.82, 2.24) is 9.47 Å². The first-order valence-corrected chi connectivity index (χ1v) is 7.79. The highest BCUT2D eigenvalue weighted by Crippen LogP contribution is 2.22. The molecule has 0 bridgehead atoms. The van der Waals surface area contributed by atoms with Gasteiger partial charge in [0.1, 0.15) is 0 Å². The highest BCUT2D eigenvalue weighted by molar-refractivity contribution is 5.89. The van der Waals surface area contributed by atoms with E-state index < -0.39 is 16.6 Å². The van der Waals surface area contributed by atoms with Crippen LogP contribution in [0.25, 0.3) is 10.8 Å². The van der Waals surface area contributed by atoms with Crippen molar-refractivity contribution in [2.45, 2.75) is 32.9 Å². The number of hydrogen-bond donors (Lipinski definition) is 0. The predicted molar refractivity (Wildman–Crippen MR) is 93.7 cm³/mol. The van der Waals surface area contributed by atoms with Gasteiger partial charge in [-0.05, 0) is 32.9 Å². The van der Waals surface area contributed by atoms with E-state index in [2.05, 4.69) is 0 Å². The van der Waals surface area contributed by atoms with Gasteiger partial charge in [0.15, 0.2) is 0 Å². The molecule has 0 aliphatic carbocycles. The number of pyridine rings is 1. The molecular weight excluding hydrogens is 326 g/mol. The third-order valence-corrected chi connectivity index (χ3v) is 3.96. The van der Waals surface area contributed by atoms with Gasteiger partial charge in [-0.15, -0.1) is 0 Å².